The van der Waals surface area contributed by atoms with Gasteiger partial charge in [-0.15, -0.1) is 0 Å². The normalized spacial score (nSPS) is 30.1. The summed E-state index contributed by atoms with van der Waals surface area (Å²) in [6.07, 6.45) is 22.4. The lowest BCUT2D eigenvalue weighted by atomic mass is 9.44. The largest absolute Gasteiger partial charge is 0.505 e. The van der Waals surface area contributed by atoms with Crippen molar-refractivity contribution in [1.82, 2.24) is 4.90 Å². The maximum atomic E-state index is 12.0. The molecule has 61 heavy (non-hydrogen) atoms. The Kier molecular flexibility index (Phi) is 15.9. The van der Waals surface area contributed by atoms with Crippen LogP contribution in [0.5, 0.6) is 11.5 Å². The molecule has 0 aromatic heterocycles. The van der Waals surface area contributed by atoms with Crippen LogP contribution in [0.2, 0.25) is 10.0 Å². The molecule has 7 rings (SSSR count). The molecule has 1 saturated heterocycles. The highest BCUT2D eigenvalue weighted by Gasteiger charge is 2.60. The van der Waals surface area contributed by atoms with Gasteiger partial charge in [0, 0.05) is 6.54 Å². The number of halogens is 2. The predicted molar refractivity (Wildman–Crippen MR) is 246 cm³/mol. The summed E-state index contributed by atoms with van der Waals surface area (Å²) in [5.74, 6) is 2.64. The number of allylic oxidation sites excluding steroid dienone is 1. The van der Waals surface area contributed by atoms with Crippen molar-refractivity contribution >= 4 is 40.7 Å². The van der Waals surface area contributed by atoms with E-state index in [4.69, 9.17) is 28.3 Å². The number of phenols is 2. The lowest BCUT2D eigenvalue weighted by Gasteiger charge is -2.61. The molecule has 2 aromatic rings. The average Bonchev–Trinajstić information content (AvgIpc) is 3.86. The van der Waals surface area contributed by atoms with Crippen molar-refractivity contribution in [1.29, 1.82) is 0 Å². The molecule has 4 aliphatic carbocycles. The van der Waals surface area contributed by atoms with Crippen LogP contribution in [0.25, 0.3) is 5.57 Å². The third-order valence-electron chi connectivity index (χ3n) is 16.7. The van der Waals surface area contributed by atoms with Gasteiger partial charge in [-0.1, -0.05) is 83.2 Å². The molecule has 338 valence electrons. The van der Waals surface area contributed by atoms with Crippen molar-refractivity contribution in [3.8, 4) is 11.5 Å². The number of aliphatic hydroxyl groups is 1. The molecule has 2 unspecified atom stereocenters. The summed E-state index contributed by atoms with van der Waals surface area (Å²) in [6.45, 7) is 16.2. The summed E-state index contributed by atoms with van der Waals surface area (Å²) in [5, 5.41) is 48.5. The van der Waals surface area contributed by atoms with Crippen LogP contribution < -0.4 is 0 Å². The van der Waals surface area contributed by atoms with Gasteiger partial charge < -0.3 is 30.4 Å². The first kappa shape index (κ1) is 47.7. The fraction of sp³-hybridized carbons (Fsp3) is 0.686. The molecule has 5 aliphatic rings. The molecule has 0 amide bonds. The van der Waals surface area contributed by atoms with Gasteiger partial charge in [0.05, 0.1) is 16.7 Å². The van der Waals surface area contributed by atoms with Gasteiger partial charge in [-0.3, -0.25) is 0 Å². The van der Waals surface area contributed by atoms with E-state index in [0.717, 1.165) is 54.4 Å². The van der Waals surface area contributed by atoms with Crippen LogP contribution in [0.3, 0.4) is 0 Å². The van der Waals surface area contributed by atoms with Crippen molar-refractivity contribution in [3.05, 3.63) is 62.6 Å². The zero-order chi connectivity index (χ0) is 44.2. The maximum absolute atomic E-state index is 12.0. The second kappa shape index (κ2) is 20.4. The molecule has 1 aliphatic heterocycles. The van der Waals surface area contributed by atoms with E-state index in [9.17, 15) is 30.0 Å². The molecular formula is C51H73Cl2NO7. The molecule has 5 fully saturated rings. The molecule has 10 heteroatoms. The van der Waals surface area contributed by atoms with Crippen molar-refractivity contribution in [2.45, 2.75) is 137 Å². The smallest absolute Gasteiger partial charge is 0.339 e. The minimum atomic E-state index is -1.33. The van der Waals surface area contributed by atoms with Crippen LogP contribution in [0.4, 0.5) is 0 Å². The van der Waals surface area contributed by atoms with E-state index >= 15 is 0 Å². The summed E-state index contributed by atoms with van der Waals surface area (Å²) < 4.78 is 0. The Balaban J connectivity index is 0.000000698. The van der Waals surface area contributed by atoms with Gasteiger partial charge in [-0.2, -0.15) is 0 Å². The molecule has 1 heterocycles. The average molecular weight is 883 g/mol. The maximum Gasteiger partial charge on any atom is 0.339 e. The van der Waals surface area contributed by atoms with Crippen LogP contribution in [-0.2, 0) is 0 Å². The van der Waals surface area contributed by atoms with Crippen LogP contribution in [-0.4, -0.2) is 68.6 Å². The van der Waals surface area contributed by atoms with Crippen molar-refractivity contribution in [2.75, 3.05) is 26.2 Å². The standard InChI is InChI=1S/C45H60Cl2O6.C6H13NO/c1-25(2)8-6-9-26(3)35-14-15-36-32-13-12-30-20-27(16-18-44(30,4)37(32)17-19-45(35,36)5)10-7-11-31(28-21-33(42(50)51)40(48)38(46)23-28)29-22-34(43(52)53)41(49)39(47)24-29;8-6-5-7-3-1-2-4-7/h11,21-27,30,32,35-37,48-49H,6-10,12-20H2,1-5H3,(H,50,51)(H,52,53);8H,1-6H2/t26-,27?,30?,32+,35-,36+,37+,44+,45-;/m1./s1. The number of aromatic hydroxyl groups is 2. The van der Waals surface area contributed by atoms with E-state index in [1.54, 1.807) is 0 Å². The van der Waals surface area contributed by atoms with Crippen LogP contribution in [0, 0.1) is 58.2 Å². The highest BCUT2D eigenvalue weighted by molar-refractivity contribution is 6.33. The molecule has 0 radical (unpaired) electrons. The quantitative estimate of drug-likeness (QED) is 0.126. The molecule has 2 aromatic carbocycles. The number of hydrogen-bond donors (Lipinski definition) is 5. The Morgan fingerprint density at radius 3 is 1.97 bits per heavy atom. The van der Waals surface area contributed by atoms with Crippen LogP contribution in [0.15, 0.2) is 30.3 Å². The predicted octanol–water partition coefficient (Wildman–Crippen LogP) is 12.8. The molecule has 0 bridgehead atoms. The molecule has 5 N–H and O–H groups in total. The molecule has 4 saturated carbocycles. The monoisotopic (exact) mass is 881 g/mol. The van der Waals surface area contributed by atoms with Gasteiger partial charge in [-0.05, 0) is 196 Å². The fourth-order valence-electron chi connectivity index (χ4n) is 13.5. The van der Waals surface area contributed by atoms with E-state index in [0.29, 0.717) is 46.5 Å². The summed E-state index contributed by atoms with van der Waals surface area (Å²) in [5.41, 5.74) is 1.58. The number of nitrogens with zero attached hydrogens (tertiary/aromatic N) is 1. The zero-order valence-electron chi connectivity index (χ0n) is 37.4. The number of β-amino-alcohol motifs (C(OH)–C–C–N with tert-alkyl or cyclic N) is 1. The second-order valence-corrected chi connectivity index (χ2v) is 21.4. The first-order valence-electron chi connectivity index (χ1n) is 23.5. The number of rotatable bonds is 14. The van der Waals surface area contributed by atoms with E-state index in [2.05, 4.69) is 39.5 Å². The van der Waals surface area contributed by atoms with Gasteiger partial charge in [0.2, 0.25) is 0 Å². The van der Waals surface area contributed by atoms with Gasteiger partial charge in [0.15, 0.2) is 0 Å². The highest BCUT2D eigenvalue weighted by atomic mass is 35.5. The third-order valence-corrected chi connectivity index (χ3v) is 17.3. The topological polar surface area (TPSA) is 139 Å². The fourth-order valence-corrected chi connectivity index (χ4v) is 13.9. The number of carbonyl (C=O) groups is 2. The van der Waals surface area contributed by atoms with Gasteiger partial charge in [-0.25, -0.2) is 9.59 Å². The highest BCUT2D eigenvalue weighted by Crippen LogP contribution is 2.69. The Hall–Kier alpha value is -2.78. The molecule has 0 spiro atoms. The minimum Gasteiger partial charge on any atom is -0.505 e. The number of aromatic carboxylic acids is 2. The Bertz CT molecular complexity index is 1820. The number of carboxylic acid groups (broad SMARTS) is 2. The Morgan fingerprint density at radius 2 is 1.39 bits per heavy atom. The molecule has 9 atom stereocenters. The third kappa shape index (κ3) is 10.4. The molecular weight excluding hydrogens is 809 g/mol. The summed E-state index contributed by atoms with van der Waals surface area (Å²) in [6, 6.07) is 5.65. The zero-order valence-corrected chi connectivity index (χ0v) is 38.9. The number of hydrogen-bond acceptors (Lipinski definition) is 6. The van der Waals surface area contributed by atoms with E-state index in [1.165, 1.54) is 127 Å². The number of carboxylic acids is 2. The Morgan fingerprint density at radius 1 is 0.803 bits per heavy atom. The lowest BCUT2D eigenvalue weighted by Crippen LogP contribution is -2.53. The SMILES string of the molecule is CC(C)CCC[C@@H](C)[C@H]1CC[C@H]2[C@@H]3CCC4CC(CCC=C(c5cc(Cl)c(O)c(C(=O)O)c5)c5cc(Cl)c(O)c(C(=O)O)c5)CC[C@]4(C)[C@H]3CC[C@]12C.OCCN1CCCC1. The number of likely N-dealkylation sites (tertiary alicyclic amines) is 1. The Labute approximate surface area is 375 Å². The van der Waals surface area contributed by atoms with Gasteiger partial charge in [0.1, 0.15) is 22.6 Å². The van der Waals surface area contributed by atoms with Gasteiger partial charge >= 0.3 is 11.9 Å². The van der Waals surface area contributed by atoms with Crippen molar-refractivity contribution < 1.29 is 35.1 Å². The number of fused-ring (bicyclic) bond motifs is 5. The van der Waals surface area contributed by atoms with E-state index in [1.807, 2.05) is 6.08 Å². The minimum absolute atomic E-state index is 0.122. The number of aliphatic hydroxyl groups excluding tert-OH is 1. The van der Waals surface area contributed by atoms with Crippen molar-refractivity contribution in [2.24, 2.45) is 58.2 Å². The first-order valence-corrected chi connectivity index (χ1v) is 24.3. The second-order valence-electron chi connectivity index (χ2n) is 20.6. The van der Waals surface area contributed by atoms with E-state index in [-0.39, 0.29) is 21.2 Å². The molecule has 8 nitrogen and oxygen atoms in total. The van der Waals surface area contributed by atoms with Gasteiger partial charge in [0.25, 0.3) is 0 Å². The number of benzene rings is 2. The lowest BCUT2D eigenvalue weighted by molar-refractivity contribution is -0.121. The summed E-state index contributed by atoms with van der Waals surface area (Å²) >= 11 is 12.6. The summed E-state index contributed by atoms with van der Waals surface area (Å²) in [7, 11) is 0. The van der Waals surface area contributed by atoms with Crippen molar-refractivity contribution in [3.63, 3.8) is 0 Å². The van der Waals surface area contributed by atoms with Crippen LogP contribution in [0.1, 0.15) is 169 Å². The first-order chi connectivity index (χ1) is 29.0. The van der Waals surface area contributed by atoms with Crippen LogP contribution >= 0.6 is 23.2 Å². The van der Waals surface area contributed by atoms with E-state index < -0.39 is 23.4 Å². The summed E-state index contributed by atoms with van der Waals surface area (Å²) in [4.78, 5) is 26.2.